The molecule has 7 nitrogen and oxygen atoms in total. The summed E-state index contributed by atoms with van der Waals surface area (Å²) in [7, 11) is 1.35. The van der Waals surface area contributed by atoms with Gasteiger partial charge < -0.3 is 14.2 Å². The first-order valence-electron chi connectivity index (χ1n) is 7.05. The Hall–Kier alpha value is -1.77. The lowest BCUT2D eigenvalue weighted by molar-refractivity contribution is 0.0321. The Morgan fingerprint density at radius 3 is 2.77 bits per heavy atom. The predicted octanol–water partition coefficient (Wildman–Crippen LogP) is 1.19. The lowest BCUT2D eigenvalue weighted by Crippen LogP contribution is -2.38. The van der Waals surface area contributed by atoms with Crippen LogP contribution in [-0.4, -0.2) is 66.2 Å². The molecule has 1 aliphatic rings. The number of rotatable bonds is 5. The van der Waals surface area contributed by atoms with Gasteiger partial charge in [-0.1, -0.05) is 0 Å². The Kier molecular flexibility index (Phi) is 4.81. The third kappa shape index (κ3) is 3.34. The van der Waals surface area contributed by atoms with Crippen LogP contribution in [0.4, 0.5) is 0 Å². The Labute approximate surface area is 132 Å². The zero-order valence-electron chi connectivity index (χ0n) is 12.3. The van der Waals surface area contributed by atoms with Crippen molar-refractivity contribution in [3.63, 3.8) is 0 Å². The van der Waals surface area contributed by atoms with Crippen molar-refractivity contribution in [3.05, 3.63) is 17.7 Å². The molecule has 22 heavy (non-hydrogen) atoms. The fraction of sp³-hybridized carbons (Fsp3) is 0.500. The second-order valence-corrected chi connectivity index (χ2v) is 5.42. The first-order valence-corrected chi connectivity index (χ1v) is 7.78. The minimum atomic E-state index is -0.434. The fourth-order valence-corrected chi connectivity index (χ4v) is 2.82. The Balaban J connectivity index is 1.71. The summed E-state index contributed by atoms with van der Waals surface area (Å²) in [5, 5.41) is 0. The maximum Gasteiger partial charge on any atom is 0.341 e. The number of benzene rings is 1. The highest BCUT2D eigenvalue weighted by molar-refractivity contribution is 7.00. The highest BCUT2D eigenvalue weighted by Gasteiger charge is 2.17. The molecule has 0 amide bonds. The van der Waals surface area contributed by atoms with Gasteiger partial charge in [-0.2, -0.15) is 8.75 Å². The van der Waals surface area contributed by atoms with Gasteiger partial charge in [0.25, 0.3) is 0 Å². The molecule has 0 aliphatic carbocycles. The second kappa shape index (κ2) is 6.99. The SMILES string of the molecule is COC(=O)c1cc2nsnc2cc1OCCN1CCOCC1. The number of ether oxygens (including phenoxy) is 3. The van der Waals surface area contributed by atoms with Crippen LogP contribution in [0.2, 0.25) is 0 Å². The van der Waals surface area contributed by atoms with Crippen molar-refractivity contribution >= 4 is 28.7 Å². The molecule has 1 fully saturated rings. The maximum atomic E-state index is 11.9. The van der Waals surface area contributed by atoms with Crippen molar-refractivity contribution in [2.75, 3.05) is 46.6 Å². The van der Waals surface area contributed by atoms with Gasteiger partial charge in [0.05, 0.1) is 32.1 Å². The van der Waals surface area contributed by atoms with Gasteiger partial charge in [0.15, 0.2) is 0 Å². The van der Waals surface area contributed by atoms with Crippen LogP contribution in [0.25, 0.3) is 11.0 Å². The maximum absolute atomic E-state index is 11.9. The Bertz CT molecular complexity index is 655. The Morgan fingerprint density at radius 2 is 2.05 bits per heavy atom. The van der Waals surface area contributed by atoms with Crippen LogP contribution in [0.15, 0.2) is 12.1 Å². The van der Waals surface area contributed by atoms with Crippen LogP contribution in [0.1, 0.15) is 10.4 Å². The van der Waals surface area contributed by atoms with Gasteiger partial charge in [-0.15, -0.1) is 0 Å². The average Bonchev–Trinajstić information content (AvgIpc) is 3.01. The molecule has 0 bridgehead atoms. The molecule has 0 N–H and O–H groups in total. The summed E-state index contributed by atoms with van der Waals surface area (Å²) in [5.74, 6) is 0.0524. The Morgan fingerprint density at radius 1 is 1.32 bits per heavy atom. The molecular weight excluding hydrogens is 306 g/mol. The number of fused-ring (bicyclic) bond motifs is 1. The third-order valence-corrected chi connectivity index (χ3v) is 4.09. The van der Waals surface area contributed by atoms with Crippen molar-refractivity contribution < 1.29 is 19.0 Å². The van der Waals surface area contributed by atoms with E-state index in [0.717, 1.165) is 50.1 Å². The predicted molar refractivity (Wildman–Crippen MR) is 81.5 cm³/mol. The van der Waals surface area contributed by atoms with Crippen LogP contribution in [0.3, 0.4) is 0 Å². The van der Waals surface area contributed by atoms with Gasteiger partial charge >= 0.3 is 5.97 Å². The van der Waals surface area contributed by atoms with E-state index in [-0.39, 0.29) is 0 Å². The van der Waals surface area contributed by atoms with E-state index >= 15 is 0 Å². The number of hydrogen-bond acceptors (Lipinski definition) is 8. The summed E-state index contributed by atoms with van der Waals surface area (Å²) in [6.45, 7) is 4.60. The summed E-state index contributed by atoms with van der Waals surface area (Å²) in [6, 6.07) is 3.40. The van der Waals surface area contributed by atoms with Crippen molar-refractivity contribution in [2.24, 2.45) is 0 Å². The second-order valence-electron chi connectivity index (χ2n) is 4.90. The molecule has 0 saturated carbocycles. The van der Waals surface area contributed by atoms with Gasteiger partial charge in [-0.05, 0) is 6.07 Å². The minimum Gasteiger partial charge on any atom is -0.491 e. The summed E-state index contributed by atoms with van der Waals surface area (Å²) in [6.07, 6.45) is 0. The minimum absolute atomic E-state index is 0.379. The van der Waals surface area contributed by atoms with Crippen LogP contribution in [0.5, 0.6) is 5.75 Å². The van der Waals surface area contributed by atoms with Gasteiger partial charge in [-0.3, -0.25) is 4.90 Å². The molecule has 1 aromatic carbocycles. The van der Waals surface area contributed by atoms with Gasteiger partial charge in [-0.25, -0.2) is 4.79 Å². The van der Waals surface area contributed by atoms with Crippen LogP contribution in [-0.2, 0) is 9.47 Å². The van der Waals surface area contributed by atoms with E-state index in [0.29, 0.717) is 23.4 Å². The molecule has 8 heteroatoms. The highest BCUT2D eigenvalue weighted by atomic mass is 32.1. The van der Waals surface area contributed by atoms with Crippen LogP contribution >= 0.6 is 11.7 Å². The topological polar surface area (TPSA) is 73.8 Å². The summed E-state index contributed by atoms with van der Waals surface area (Å²) < 4.78 is 24.2. The standard InChI is InChI=1S/C14H17N3O4S/c1-19-14(18)10-8-11-12(16-22-15-11)9-13(10)21-7-4-17-2-5-20-6-3-17/h8-9H,2-7H2,1H3. The normalized spacial score (nSPS) is 15.9. The molecule has 1 aromatic heterocycles. The number of carbonyl (C=O) groups excluding carboxylic acids is 1. The van der Waals surface area contributed by atoms with Crippen molar-refractivity contribution in [1.29, 1.82) is 0 Å². The molecule has 118 valence electrons. The lowest BCUT2D eigenvalue weighted by Gasteiger charge is -2.26. The van der Waals surface area contributed by atoms with E-state index in [1.54, 1.807) is 12.1 Å². The van der Waals surface area contributed by atoms with E-state index in [9.17, 15) is 4.79 Å². The average molecular weight is 323 g/mol. The van der Waals surface area contributed by atoms with E-state index in [1.807, 2.05) is 0 Å². The zero-order chi connectivity index (χ0) is 15.4. The van der Waals surface area contributed by atoms with E-state index in [2.05, 4.69) is 13.6 Å². The molecule has 0 atom stereocenters. The van der Waals surface area contributed by atoms with Gasteiger partial charge in [0.1, 0.15) is 29.0 Å². The van der Waals surface area contributed by atoms with E-state index < -0.39 is 5.97 Å². The first kappa shape index (κ1) is 15.1. The largest absolute Gasteiger partial charge is 0.491 e. The molecule has 1 saturated heterocycles. The van der Waals surface area contributed by atoms with E-state index in [4.69, 9.17) is 14.2 Å². The molecule has 3 rings (SSSR count). The number of aromatic nitrogens is 2. The number of morpholine rings is 1. The van der Waals surface area contributed by atoms with Crippen molar-refractivity contribution in [2.45, 2.75) is 0 Å². The molecule has 0 unspecified atom stereocenters. The van der Waals surface area contributed by atoms with Crippen LogP contribution in [0, 0.1) is 0 Å². The summed E-state index contributed by atoms with van der Waals surface area (Å²) >= 11 is 1.11. The number of nitrogens with zero attached hydrogens (tertiary/aromatic N) is 3. The number of carbonyl (C=O) groups is 1. The number of hydrogen-bond donors (Lipinski definition) is 0. The van der Waals surface area contributed by atoms with Gasteiger partial charge in [0, 0.05) is 25.7 Å². The summed E-state index contributed by atoms with van der Waals surface area (Å²) in [5.41, 5.74) is 1.77. The number of esters is 1. The molecule has 0 radical (unpaired) electrons. The third-order valence-electron chi connectivity index (χ3n) is 3.53. The molecule has 0 spiro atoms. The first-order chi connectivity index (χ1) is 10.8. The molecular formula is C14H17N3O4S. The smallest absolute Gasteiger partial charge is 0.341 e. The van der Waals surface area contributed by atoms with Crippen molar-refractivity contribution in [3.8, 4) is 5.75 Å². The van der Waals surface area contributed by atoms with E-state index in [1.165, 1.54) is 7.11 Å². The zero-order valence-corrected chi connectivity index (χ0v) is 13.1. The highest BCUT2D eigenvalue weighted by Crippen LogP contribution is 2.25. The fourth-order valence-electron chi connectivity index (χ4n) is 2.31. The monoisotopic (exact) mass is 323 g/mol. The van der Waals surface area contributed by atoms with Crippen molar-refractivity contribution in [1.82, 2.24) is 13.6 Å². The molecule has 2 aromatic rings. The molecule has 1 aliphatic heterocycles. The quantitative estimate of drug-likeness (QED) is 0.765. The summed E-state index contributed by atoms with van der Waals surface area (Å²) in [4.78, 5) is 14.2. The van der Waals surface area contributed by atoms with Gasteiger partial charge in [0.2, 0.25) is 0 Å². The molecule has 2 heterocycles. The number of methoxy groups -OCH3 is 1. The van der Waals surface area contributed by atoms with Crippen LogP contribution < -0.4 is 4.74 Å². The lowest BCUT2D eigenvalue weighted by atomic mass is 10.1.